The van der Waals surface area contributed by atoms with Crippen LogP contribution in [-0.4, -0.2) is 44.7 Å². The summed E-state index contributed by atoms with van der Waals surface area (Å²) in [5.74, 6) is 0.543. The van der Waals surface area contributed by atoms with E-state index in [4.69, 9.17) is 10.7 Å². The summed E-state index contributed by atoms with van der Waals surface area (Å²) in [4.78, 5) is 20.3. The first-order chi connectivity index (χ1) is 14.0. The molecule has 0 aliphatic carbocycles. The van der Waals surface area contributed by atoms with Gasteiger partial charge in [-0.2, -0.15) is 5.10 Å². The highest BCUT2D eigenvalue weighted by Crippen LogP contribution is 2.28. The first kappa shape index (κ1) is 19.6. The number of carbonyl (C=O) groups excluding carboxylic acids is 1. The number of hydrogen-bond acceptors (Lipinski definition) is 4. The summed E-state index contributed by atoms with van der Waals surface area (Å²) in [5, 5.41) is 5.34. The van der Waals surface area contributed by atoms with Crippen molar-refractivity contribution in [1.82, 2.24) is 19.7 Å². The van der Waals surface area contributed by atoms with Gasteiger partial charge in [0.1, 0.15) is 0 Å². The van der Waals surface area contributed by atoms with E-state index in [0.717, 1.165) is 48.2 Å². The van der Waals surface area contributed by atoms with E-state index in [2.05, 4.69) is 25.9 Å². The normalized spacial score (nSPS) is 16.5. The van der Waals surface area contributed by atoms with E-state index in [-0.39, 0.29) is 18.0 Å². The van der Waals surface area contributed by atoms with Crippen LogP contribution in [0.2, 0.25) is 0 Å². The average Bonchev–Trinajstić information content (AvgIpc) is 3.17. The molecule has 1 aliphatic rings. The van der Waals surface area contributed by atoms with Gasteiger partial charge in [0, 0.05) is 30.7 Å². The Labute approximate surface area is 171 Å². The zero-order valence-electron chi connectivity index (χ0n) is 17.4. The van der Waals surface area contributed by atoms with Crippen LogP contribution in [0.5, 0.6) is 0 Å². The minimum Gasteiger partial charge on any atom is -0.339 e. The molecular formula is C23H29N5O. The fraction of sp³-hybridized carbons (Fsp3) is 0.435. The standard InChI is InChI=1S/C23H29N5O/c1-15(2)28-22-20(14-25-28)19(13-21(26-22)18-7-5-4-6-8-18)23(29)27-11-9-17(10-12-27)16(3)24/h4-8,13-17H,9-12,24H2,1-3H3. The van der Waals surface area contributed by atoms with Gasteiger partial charge in [0.05, 0.1) is 22.8 Å². The molecule has 1 aliphatic heterocycles. The highest BCUT2D eigenvalue weighted by Gasteiger charge is 2.27. The number of fused-ring (bicyclic) bond motifs is 1. The van der Waals surface area contributed by atoms with E-state index >= 15 is 0 Å². The number of carbonyl (C=O) groups is 1. The van der Waals surface area contributed by atoms with Crippen LogP contribution in [-0.2, 0) is 0 Å². The summed E-state index contributed by atoms with van der Waals surface area (Å²) in [6.45, 7) is 7.69. The molecule has 1 atom stereocenters. The van der Waals surface area contributed by atoms with Crippen molar-refractivity contribution in [3.63, 3.8) is 0 Å². The number of rotatable bonds is 4. The van der Waals surface area contributed by atoms with E-state index < -0.39 is 0 Å². The maximum absolute atomic E-state index is 13.5. The van der Waals surface area contributed by atoms with Crippen LogP contribution in [0, 0.1) is 5.92 Å². The molecule has 3 heterocycles. The lowest BCUT2D eigenvalue weighted by Crippen LogP contribution is -2.42. The fourth-order valence-corrected chi connectivity index (χ4v) is 4.13. The van der Waals surface area contributed by atoms with E-state index in [9.17, 15) is 4.79 Å². The molecule has 152 valence electrons. The van der Waals surface area contributed by atoms with Crippen molar-refractivity contribution >= 4 is 16.9 Å². The van der Waals surface area contributed by atoms with Gasteiger partial charge in [-0.15, -0.1) is 0 Å². The smallest absolute Gasteiger partial charge is 0.254 e. The third kappa shape index (κ3) is 3.77. The molecule has 0 radical (unpaired) electrons. The van der Waals surface area contributed by atoms with Gasteiger partial charge in [-0.1, -0.05) is 30.3 Å². The van der Waals surface area contributed by atoms with Gasteiger partial charge in [0.25, 0.3) is 5.91 Å². The molecule has 6 nitrogen and oxygen atoms in total. The third-order valence-corrected chi connectivity index (χ3v) is 5.93. The molecule has 29 heavy (non-hydrogen) atoms. The quantitative estimate of drug-likeness (QED) is 0.732. The topological polar surface area (TPSA) is 77.0 Å². The molecule has 2 aromatic heterocycles. The Kier molecular flexibility index (Phi) is 5.37. The molecule has 1 amide bonds. The number of amides is 1. The van der Waals surface area contributed by atoms with Crippen LogP contribution >= 0.6 is 0 Å². The summed E-state index contributed by atoms with van der Waals surface area (Å²) >= 11 is 0. The maximum Gasteiger partial charge on any atom is 0.254 e. The molecule has 1 aromatic carbocycles. The van der Waals surface area contributed by atoms with Crippen molar-refractivity contribution < 1.29 is 4.79 Å². The molecule has 1 fully saturated rings. The molecule has 6 heteroatoms. The Bertz CT molecular complexity index is 1000. The number of hydrogen-bond donors (Lipinski definition) is 1. The summed E-state index contributed by atoms with van der Waals surface area (Å²) in [6, 6.07) is 12.3. The summed E-state index contributed by atoms with van der Waals surface area (Å²) in [6.07, 6.45) is 3.68. The van der Waals surface area contributed by atoms with E-state index in [0.29, 0.717) is 11.5 Å². The third-order valence-electron chi connectivity index (χ3n) is 5.93. The summed E-state index contributed by atoms with van der Waals surface area (Å²) < 4.78 is 1.89. The van der Waals surface area contributed by atoms with Gasteiger partial charge in [0.15, 0.2) is 5.65 Å². The van der Waals surface area contributed by atoms with Crippen molar-refractivity contribution in [3.8, 4) is 11.3 Å². The maximum atomic E-state index is 13.5. The minimum absolute atomic E-state index is 0.0565. The number of likely N-dealkylation sites (tertiary alicyclic amines) is 1. The Morgan fingerprint density at radius 2 is 1.83 bits per heavy atom. The lowest BCUT2D eigenvalue weighted by atomic mass is 9.90. The molecular weight excluding hydrogens is 362 g/mol. The molecule has 0 bridgehead atoms. The molecule has 0 saturated carbocycles. The van der Waals surface area contributed by atoms with Crippen LogP contribution in [0.15, 0.2) is 42.6 Å². The molecule has 2 N–H and O–H groups in total. The molecule has 1 saturated heterocycles. The largest absolute Gasteiger partial charge is 0.339 e. The lowest BCUT2D eigenvalue weighted by molar-refractivity contribution is 0.0683. The van der Waals surface area contributed by atoms with Crippen LogP contribution in [0.3, 0.4) is 0 Å². The number of aromatic nitrogens is 3. The second kappa shape index (κ2) is 7.95. The van der Waals surface area contributed by atoms with Crippen molar-refractivity contribution in [3.05, 3.63) is 48.2 Å². The van der Waals surface area contributed by atoms with Crippen LogP contribution in [0.4, 0.5) is 0 Å². The van der Waals surface area contributed by atoms with Gasteiger partial charge in [0.2, 0.25) is 0 Å². The van der Waals surface area contributed by atoms with E-state index in [1.807, 2.05) is 46.0 Å². The van der Waals surface area contributed by atoms with E-state index in [1.165, 1.54) is 0 Å². The van der Waals surface area contributed by atoms with Crippen molar-refractivity contribution in [1.29, 1.82) is 0 Å². The Balaban J connectivity index is 1.76. The number of nitrogens with two attached hydrogens (primary N) is 1. The molecule has 0 spiro atoms. The Hall–Kier alpha value is -2.73. The fourth-order valence-electron chi connectivity index (χ4n) is 4.13. The second-order valence-electron chi connectivity index (χ2n) is 8.33. The first-order valence-corrected chi connectivity index (χ1v) is 10.4. The monoisotopic (exact) mass is 391 g/mol. The Morgan fingerprint density at radius 3 is 2.45 bits per heavy atom. The number of pyridine rings is 1. The van der Waals surface area contributed by atoms with Crippen molar-refractivity contribution in [2.24, 2.45) is 11.7 Å². The second-order valence-corrected chi connectivity index (χ2v) is 8.33. The highest BCUT2D eigenvalue weighted by atomic mass is 16.2. The van der Waals surface area contributed by atoms with Crippen LogP contribution in [0.1, 0.15) is 50.0 Å². The minimum atomic E-state index is 0.0565. The van der Waals surface area contributed by atoms with Crippen molar-refractivity contribution in [2.45, 2.75) is 45.7 Å². The number of piperidine rings is 1. The molecule has 1 unspecified atom stereocenters. The van der Waals surface area contributed by atoms with Gasteiger partial charge < -0.3 is 10.6 Å². The summed E-state index contributed by atoms with van der Waals surface area (Å²) in [7, 11) is 0. The zero-order chi connectivity index (χ0) is 20.5. The molecule has 3 aromatic rings. The van der Waals surface area contributed by atoms with E-state index in [1.54, 1.807) is 6.20 Å². The predicted octanol–water partition coefficient (Wildman–Crippen LogP) is 3.88. The zero-order valence-corrected chi connectivity index (χ0v) is 17.4. The van der Waals surface area contributed by atoms with Gasteiger partial charge in [-0.05, 0) is 45.6 Å². The van der Waals surface area contributed by atoms with Crippen LogP contribution in [0.25, 0.3) is 22.3 Å². The van der Waals surface area contributed by atoms with Gasteiger partial charge >= 0.3 is 0 Å². The number of nitrogens with zero attached hydrogens (tertiary/aromatic N) is 4. The average molecular weight is 392 g/mol. The van der Waals surface area contributed by atoms with Gasteiger partial charge in [-0.25, -0.2) is 9.67 Å². The number of benzene rings is 1. The van der Waals surface area contributed by atoms with Gasteiger partial charge in [-0.3, -0.25) is 4.79 Å². The predicted molar refractivity (Wildman–Crippen MR) is 116 cm³/mol. The Morgan fingerprint density at radius 1 is 1.14 bits per heavy atom. The first-order valence-electron chi connectivity index (χ1n) is 10.4. The highest BCUT2D eigenvalue weighted by molar-refractivity contribution is 6.06. The molecule has 4 rings (SSSR count). The summed E-state index contributed by atoms with van der Waals surface area (Å²) in [5.41, 5.74) is 9.30. The van der Waals surface area contributed by atoms with Crippen molar-refractivity contribution in [2.75, 3.05) is 13.1 Å². The lowest BCUT2D eigenvalue weighted by Gasteiger charge is -2.34. The van der Waals surface area contributed by atoms with Crippen LogP contribution < -0.4 is 5.73 Å². The SMILES string of the molecule is CC(N)C1CCN(C(=O)c2cc(-c3ccccc3)nc3c2cnn3C(C)C)CC1.